The molecule has 30 heavy (non-hydrogen) atoms. The van der Waals surface area contributed by atoms with Crippen molar-refractivity contribution < 1.29 is 16.8 Å². The van der Waals surface area contributed by atoms with Crippen LogP contribution >= 0.6 is 0 Å². The van der Waals surface area contributed by atoms with Crippen molar-refractivity contribution in [2.75, 3.05) is 4.72 Å². The first-order valence-electron chi connectivity index (χ1n) is 8.78. The van der Waals surface area contributed by atoms with Gasteiger partial charge in [0.05, 0.1) is 9.79 Å². The number of imidazole rings is 1. The maximum atomic E-state index is 13.0. The number of rotatable bonds is 5. The number of fused-ring (bicyclic) bond motifs is 1. The molecule has 0 unspecified atom stereocenters. The summed E-state index contributed by atoms with van der Waals surface area (Å²) in [5.74, 6) is -0.113. The average Bonchev–Trinajstić information content (AvgIpc) is 3.14. The molecule has 0 spiro atoms. The molecule has 0 radical (unpaired) electrons. The predicted molar refractivity (Wildman–Crippen MR) is 111 cm³/mol. The van der Waals surface area contributed by atoms with E-state index in [0.717, 1.165) is 27.8 Å². The largest absolute Gasteiger partial charge is 0.270 e. The molecular formula is C19H17N5O4S2. The topological polar surface area (TPSA) is 124 Å². The van der Waals surface area contributed by atoms with Gasteiger partial charge in [0.25, 0.3) is 20.0 Å². The average molecular weight is 444 g/mol. The summed E-state index contributed by atoms with van der Waals surface area (Å²) in [6.45, 7) is 3.70. The van der Waals surface area contributed by atoms with Gasteiger partial charge < -0.3 is 0 Å². The zero-order chi connectivity index (χ0) is 21.5. The van der Waals surface area contributed by atoms with Crippen LogP contribution in [0.15, 0.2) is 71.0 Å². The fraction of sp³-hybridized carbons (Fsp3) is 0.105. The van der Waals surface area contributed by atoms with Gasteiger partial charge in [0.2, 0.25) is 0 Å². The number of aromatic nitrogens is 4. The molecule has 0 amide bonds. The zero-order valence-corrected chi connectivity index (χ0v) is 17.6. The number of anilines is 1. The van der Waals surface area contributed by atoms with E-state index in [2.05, 4.69) is 19.7 Å². The van der Waals surface area contributed by atoms with E-state index < -0.39 is 20.0 Å². The Morgan fingerprint density at radius 2 is 1.33 bits per heavy atom. The molecular weight excluding hydrogens is 426 g/mol. The molecule has 0 aliphatic rings. The molecule has 0 saturated carbocycles. The van der Waals surface area contributed by atoms with Crippen molar-refractivity contribution in [1.82, 2.24) is 18.9 Å². The summed E-state index contributed by atoms with van der Waals surface area (Å²) in [5, 5.41) is 0. The standard InChI is InChI=1S/C19H17N5O4S2/c1-13-3-7-15(8-4-13)29(25,26)23-18-17-19(21-11-20-18)24(12-22-17)30(27,28)16-9-5-14(2)6-10-16/h3-12H,1-2H3,(H,20,21,23). The molecule has 0 aliphatic heterocycles. The summed E-state index contributed by atoms with van der Waals surface area (Å²) in [4.78, 5) is 12.1. The highest BCUT2D eigenvalue weighted by atomic mass is 32.2. The van der Waals surface area contributed by atoms with E-state index >= 15 is 0 Å². The van der Waals surface area contributed by atoms with Crippen LogP contribution in [0.5, 0.6) is 0 Å². The number of benzene rings is 2. The van der Waals surface area contributed by atoms with Crippen molar-refractivity contribution in [2.24, 2.45) is 0 Å². The fourth-order valence-electron chi connectivity index (χ4n) is 2.79. The lowest BCUT2D eigenvalue weighted by atomic mass is 10.2. The maximum Gasteiger partial charge on any atom is 0.270 e. The van der Waals surface area contributed by atoms with Crippen molar-refractivity contribution in [3.63, 3.8) is 0 Å². The second kappa shape index (κ2) is 7.18. The van der Waals surface area contributed by atoms with Crippen LogP contribution in [0.1, 0.15) is 11.1 Å². The molecule has 0 bridgehead atoms. The molecule has 0 aliphatic carbocycles. The first-order valence-corrected chi connectivity index (χ1v) is 11.7. The predicted octanol–water partition coefficient (Wildman–Crippen LogP) is 2.48. The minimum Gasteiger partial charge on any atom is -0.261 e. The van der Waals surface area contributed by atoms with Crippen LogP contribution < -0.4 is 4.72 Å². The Balaban J connectivity index is 1.77. The van der Waals surface area contributed by atoms with E-state index in [0.29, 0.717) is 0 Å². The molecule has 154 valence electrons. The van der Waals surface area contributed by atoms with Crippen LogP contribution in [0.4, 0.5) is 5.82 Å². The van der Waals surface area contributed by atoms with Crippen LogP contribution in [0.2, 0.25) is 0 Å². The third-order valence-corrected chi connectivity index (χ3v) is 7.45. The molecule has 4 aromatic rings. The lowest BCUT2D eigenvalue weighted by molar-refractivity contribution is 0.588. The van der Waals surface area contributed by atoms with Gasteiger partial charge in [-0.3, -0.25) is 4.72 Å². The van der Waals surface area contributed by atoms with Crippen LogP contribution in [0, 0.1) is 13.8 Å². The fourth-order valence-corrected chi connectivity index (χ4v) is 5.05. The number of hydrogen-bond acceptors (Lipinski definition) is 7. The lowest BCUT2D eigenvalue weighted by Crippen LogP contribution is -2.15. The van der Waals surface area contributed by atoms with Crippen molar-refractivity contribution in [3.8, 4) is 0 Å². The first kappa shape index (κ1) is 20.0. The second-order valence-electron chi connectivity index (χ2n) is 6.67. The van der Waals surface area contributed by atoms with Gasteiger partial charge in [-0.2, -0.15) is 0 Å². The van der Waals surface area contributed by atoms with Crippen molar-refractivity contribution >= 4 is 37.0 Å². The first-order chi connectivity index (χ1) is 14.2. The Hall–Kier alpha value is -3.31. The minimum absolute atomic E-state index is 0.0175. The summed E-state index contributed by atoms with van der Waals surface area (Å²) in [6.07, 6.45) is 2.16. The van der Waals surface area contributed by atoms with Crippen LogP contribution in [0.25, 0.3) is 11.2 Å². The molecule has 2 heterocycles. The number of nitrogens with zero attached hydrogens (tertiary/aromatic N) is 4. The monoisotopic (exact) mass is 443 g/mol. The van der Waals surface area contributed by atoms with Gasteiger partial charge >= 0.3 is 0 Å². The highest BCUT2D eigenvalue weighted by Gasteiger charge is 2.24. The van der Waals surface area contributed by atoms with Crippen molar-refractivity contribution in [3.05, 3.63) is 72.3 Å². The molecule has 4 rings (SSSR count). The molecule has 1 N–H and O–H groups in total. The second-order valence-corrected chi connectivity index (χ2v) is 10.2. The molecule has 0 atom stereocenters. The van der Waals surface area contributed by atoms with Gasteiger partial charge in [0, 0.05) is 0 Å². The van der Waals surface area contributed by atoms with Gasteiger partial charge in [0.1, 0.15) is 12.7 Å². The smallest absolute Gasteiger partial charge is 0.261 e. The number of nitrogens with one attached hydrogen (secondary N) is 1. The van der Waals surface area contributed by atoms with Crippen LogP contribution in [0.3, 0.4) is 0 Å². The van der Waals surface area contributed by atoms with Gasteiger partial charge in [-0.25, -0.2) is 35.8 Å². The zero-order valence-electron chi connectivity index (χ0n) is 16.0. The highest BCUT2D eigenvalue weighted by molar-refractivity contribution is 7.92. The van der Waals surface area contributed by atoms with Crippen LogP contribution in [-0.2, 0) is 20.0 Å². The Kier molecular flexibility index (Phi) is 4.79. The van der Waals surface area contributed by atoms with Crippen LogP contribution in [-0.4, -0.2) is 35.8 Å². The highest BCUT2D eigenvalue weighted by Crippen LogP contribution is 2.24. The van der Waals surface area contributed by atoms with E-state index in [4.69, 9.17) is 0 Å². The summed E-state index contributed by atoms with van der Waals surface area (Å²) < 4.78 is 54.6. The third-order valence-electron chi connectivity index (χ3n) is 4.44. The Morgan fingerprint density at radius 3 is 1.93 bits per heavy atom. The van der Waals surface area contributed by atoms with E-state index in [1.54, 1.807) is 24.3 Å². The summed E-state index contributed by atoms with van der Waals surface area (Å²) in [5.41, 5.74) is 1.81. The third kappa shape index (κ3) is 3.53. The quantitative estimate of drug-likeness (QED) is 0.502. The maximum absolute atomic E-state index is 13.0. The molecule has 9 nitrogen and oxygen atoms in total. The minimum atomic E-state index is -3.97. The van der Waals surface area contributed by atoms with E-state index in [1.165, 1.54) is 24.3 Å². The number of sulfonamides is 1. The van der Waals surface area contributed by atoms with Gasteiger partial charge in [-0.15, -0.1) is 0 Å². The van der Waals surface area contributed by atoms with Crippen molar-refractivity contribution in [2.45, 2.75) is 23.6 Å². The molecule has 2 aromatic heterocycles. The lowest BCUT2D eigenvalue weighted by Gasteiger charge is -2.09. The molecule has 2 aromatic carbocycles. The van der Waals surface area contributed by atoms with Crippen molar-refractivity contribution in [1.29, 1.82) is 0 Å². The summed E-state index contributed by atoms with van der Waals surface area (Å²) in [6, 6.07) is 12.6. The Bertz CT molecular complexity index is 1440. The SMILES string of the molecule is Cc1ccc(S(=O)(=O)Nc2ncnc3c2ncn3S(=O)(=O)c2ccc(C)cc2)cc1. The van der Waals surface area contributed by atoms with Gasteiger partial charge in [-0.05, 0) is 38.1 Å². The van der Waals surface area contributed by atoms with E-state index in [1.807, 2.05) is 13.8 Å². The summed E-state index contributed by atoms with van der Waals surface area (Å²) >= 11 is 0. The van der Waals surface area contributed by atoms with Gasteiger partial charge in [0.15, 0.2) is 17.0 Å². The Labute approximate surface area is 173 Å². The summed E-state index contributed by atoms with van der Waals surface area (Å²) in [7, 11) is -7.91. The number of aryl methyl sites for hydroxylation is 2. The number of hydrogen-bond donors (Lipinski definition) is 1. The van der Waals surface area contributed by atoms with E-state index in [-0.39, 0.29) is 26.8 Å². The van der Waals surface area contributed by atoms with Gasteiger partial charge in [-0.1, -0.05) is 35.4 Å². The van der Waals surface area contributed by atoms with E-state index in [9.17, 15) is 16.8 Å². The normalized spacial score (nSPS) is 12.2. The Morgan fingerprint density at radius 1 is 0.767 bits per heavy atom. The molecule has 0 saturated heterocycles. The molecule has 11 heteroatoms. The molecule has 0 fully saturated rings.